The lowest BCUT2D eigenvalue weighted by Gasteiger charge is -2.14. The van der Waals surface area contributed by atoms with Gasteiger partial charge in [0, 0.05) is 11.8 Å². The maximum absolute atomic E-state index is 4.43. The first kappa shape index (κ1) is 9.18. The molecule has 1 aliphatic heterocycles. The summed E-state index contributed by atoms with van der Waals surface area (Å²) in [6.07, 6.45) is 0. The summed E-state index contributed by atoms with van der Waals surface area (Å²) in [6, 6.07) is 0.367. The Labute approximate surface area is 80.4 Å². The molecule has 2 radical (unpaired) electrons. The van der Waals surface area contributed by atoms with Crippen molar-refractivity contribution >= 4 is 33.4 Å². The Morgan fingerprint density at radius 3 is 2.73 bits per heavy atom. The molecule has 0 saturated carbocycles. The molecule has 0 aromatic carbocycles. The Balaban J connectivity index is 2.68. The average Bonchev–Trinajstić information content (AvgIpc) is 2.18. The normalized spacial score (nSPS) is 22.3. The molecule has 4 heteroatoms. The first-order valence-corrected chi connectivity index (χ1v) is 5.04. The maximum Gasteiger partial charge on any atom is 0.320 e. The van der Waals surface area contributed by atoms with Crippen LogP contribution in [0.3, 0.4) is 0 Å². The second-order valence-electron chi connectivity index (χ2n) is 2.73. The summed E-state index contributed by atoms with van der Waals surface area (Å²) in [5.74, 6) is 0.967. The van der Waals surface area contributed by atoms with Crippen molar-refractivity contribution < 1.29 is 0 Å². The van der Waals surface area contributed by atoms with Crippen molar-refractivity contribution in [2.75, 3.05) is 5.75 Å². The number of amidine groups is 1. The number of rotatable bonds is 1. The van der Waals surface area contributed by atoms with E-state index in [2.05, 4.69) is 41.9 Å². The molecule has 0 bridgehead atoms. The van der Waals surface area contributed by atoms with E-state index in [4.69, 9.17) is 0 Å². The van der Waals surface area contributed by atoms with Gasteiger partial charge in [0.05, 0.1) is 0 Å². The molecule has 0 amide bonds. The van der Waals surface area contributed by atoms with E-state index in [1.807, 2.05) is 3.88 Å². The van der Waals surface area contributed by atoms with E-state index in [1.165, 1.54) is 0 Å². The third kappa shape index (κ3) is 2.26. The molecule has 0 unspecified atom stereocenters. The summed E-state index contributed by atoms with van der Waals surface area (Å²) in [6.45, 7) is 8.05. The van der Waals surface area contributed by atoms with Crippen LogP contribution in [0.5, 0.6) is 0 Å². The van der Waals surface area contributed by atoms with Gasteiger partial charge < -0.3 is 3.88 Å². The molecule has 11 heavy (non-hydrogen) atoms. The lowest BCUT2D eigenvalue weighted by Crippen LogP contribution is -2.19. The zero-order valence-corrected chi connectivity index (χ0v) is 8.84. The maximum atomic E-state index is 4.43. The highest BCUT2D eigenvalue weighted by atomic mass is 32.2. The molecular formula is C7H11AlN2S. The van der Waals surface area contributed by atoms with E-state index < -0.39 is 0 Å². The number of nitrogens with zero attached hydrogens (tertiary/aromatic N) is 2. The number of hydrogen-bond acceptors (Lipinski definition) is 2. The van der Waals surface area contributed by atoms with Crippen LogP contribution in [0.25, 0.3) is 0 Å². The smallest absolute Gasteiger partial charge is 0.320 e. The van der Waals surface area contributed by atoms with Crippen LogP contribution in [0.1, 0.15) is 13.8 Å². The van der Waals surface area contributed by atoms with Gasteiger partial charge >= 0.3 is 16.5 Å². The van der Waals surface area contributed by atoms with Crippen LogP contribution in [0.4, 0.5) is 0 Å². The van der Waals surface area contributed by atoms with Crippen molar-refractivity contribution in [3.8, 4) is 0 Å². The Hall–Kier alpha value is 0.0925. The zero-order valence-electron chi connectivity index (χ0n) is 6.87. The van der Waals surface area contributed by atoms with E-state index in [1.54, 1.807) is 11.8 Å². The van der Waals surface area contributed by atoms with Crippen LogP contribution >= 0.6 is 11.8 Å². The predicted octanol–water partition coefficient (Wildman–Crippen LogP) is 1.40. The standard InChI is InChI=1S/C7H11N2S.Al/c1-5(2)8-7-9-6(3)4-10-7;/h5H,3-4H2,1-2H3;/q-1;+1. The highest BCUT2D eigenvalue weighted by Gasteiger charge is 2.17. The molecule has 2 nitrogen and oxygen atoms in total. The molecule has 1 heterocycles. The Morgan fingerprint density at radius 2 is 2.36 bits per heavy atom. The lowest BCUT2D eigenvalue weighted by molar-refractivity contribution is 0.789. The Kier molecular flexibility index (Phi) is 3.06. The second-order valence-corrected chi connectivity index (χ2v) is 4.19. The van der Waals surface area contributed by atoms with Gasteiger partial charge in [0.1, 0.15) is 5.17 Å². The molecule has 1 aliphatic rings. The third-order valence-electron chi connectivity index (χ3n) is 1.28. The van der Waals surface area contributed by atoms with Crippen molar-refractivity contribution in [1.29, 1.82) is 0 Å². The summed E-state index contributed by atoms with van der Waals surface area (Å²) < 4.78 is 1.98. The lowest BCUT2D eigenvalue weighted by atomic mass is 10.4. The fraction of sp³-hybridized carbons (Fsp3) is 0.571. The molecule has 0 aliphatic carbocycles. The molecule has 0 atom stereocenters. The van der Waals surface area contributed by atoms with Crippen molar-refractivity contribution in [1.82, 2.24) is 3.88 Å². The van der Waals surface area contributed by atoms with Gasteiger partial charge in [-0.25, -0.2) is 0 Å². The SMILES string of the molecule is C=C1CSC(=NC(C)C)[N]1[Al]. The number of aliphatic imine (C=N–C) groups is 1. The van der Waals surface area contributed by atoms with Crippen molar-refractivity contribution in [3.05, 3.63) is 12.3 Å². The van der Waals surface area contributed by atoms with Gasteiger partial charge in [0.2, 0.25) is 0 Å². The molecular weight excluding hydrogens is 171 g/mol. The zero-order chi connectivity index (χ0) is 8.43. The molecule has 1 saturated heterocycles. The molecule has 0 N–H and O–H groups in total. The third-order valence-corrected chi connectivity index (χ3v) is 3.12. The molecule has 1 rings (SSSR count). The summed E-state index contributed by atoms with van der Waals surface area (Å²) in [5.41, 5.74) is 1.11. The van der Waals surface area contributed by atoms with Gasteiger partial charge in [-0.15, -0.1) is 0 Å². The van der Waals surface area contributed by atoms with E-state index in [9.17, 15) is 0 Å². The first-order valence-electron chi connectivity index (χ1n) is 3.54. The first-order chi connectivity index (χ1) is 5.11. The molecule has 0 spiro atoms. The quantitative estimate of drug-likeness (QED) is 0.569. The monoisotopic (exact) mass is 182 g/mol. The Bertz CT molecular complexity index is 201. The minimum atomic E-state index is 0.367. The summed E-state index contributed by atoms with van der Waals surface area (Å²) in [7, 11) is 0. The molecule has 0 aromatic rings. The molecule has 58 valence electrons. The number of thioether (sulfide) groups is 1. The topological polar surface area (TPSA) is 15.6 Å². The fourth-order valence-electron chi connectivity index (χ4n) is 0.743. The largest absolute Gasteiger partial charge is 0.436 e. The van der Waals surface area contributed by atoms with Gasteiger partial charge in [-0.2, -0.15) is 0 Å². The predicted molar refractivity (Wildman–Crippen MR) is 51.8 cm³/mol. The van der Waals surface area contributed by atoms with Gasteiger partial charge in [-0.1, -0.05) is 18.3 Å². The van der Waals surface area contributed by atoms with Gasteiger partial charge in [0.25, 0.3) is 0 Å². The van der Waals surface area contributed by atoms with Gasteiger partial charge in [0.15, 0.2) is 0 Å². The van der Waals surface area contributed by atoms with Crippen molar-refractivity contribution in [2.45, 2.75) is 19.9 Å². The van der Waals surface area contributed by atoms with Crippen molar-refractivity contribution in [3.63, 3.8) is 0 Å². The van der Waals surface area contributed by atoms with Crippen LogP contribution in [0.2, 0.25) is 0 Å². The van der Waals surface area contributed by atoms with Gasteiger partial charge in [-0.3, -0.25) is 4.99 Å². The van der Waals surface area contributed by atoms with E-state index in [0.717, 1.165) is 16.6 Å². The summed E-state index contributed by atoms with van der Waals surface area (Å²) >= 11 is 4.37. The fourth-order valence-corrected chi connectivity index (χ4v) is 2.24. The second kappa shape index (κ2) is 3.66. The number of hydrogen-bond donors (Lipinski definition) is 0. The van der Waals surface area contributed by atoms with Crippen LogP contribution in [0.15, 0.2) is 17.3 Å². The Morgan fingerprint density at radius 1 is 1.73 bits per heavy atom. The van der Waals surface area contributed by atoms with Crippen LogP contribution in [0, 0.1) is 0 Å². The van der Waals surface area contributed by atoms with Crippen LogP contribution in [-0.2, 0) is 0 Å². The van der Waals surface area contributed by atoms with Crippen LogP contribution in [-0.4, -0.2) is 37.4 Å². The minimum Gasteiger partial charge on any atom is -0.436 e. The summed E-state index contributed by atoms with van der Waals surface area (Å²) in [5, 5.41) is 1.06. The highest BCUT2D eigenvalue weighted by Crippen LogP contribution is 2.23. The average molecular weight is 182 g/mol. The van der Waals surface area contributed by atoms with E-state index in [-0.39, 0.29) is 0 Å². The van der Waals surface area contributed by atoms with E-state index in [0.29, 0.717) is 6.04 Å². The highest BCUT2D eigenvalue weighted by molar-refractivity contribution is 8.14. The van der Waals surface area contributed by atoms with Crippen molar-refractivity contribution in [2.24, 2.45) is 4.99 Å². The van der Waals surface area contributed by atoms with E-state index >= 15 is 0 Å². The molecule has 1 fully saturated rings. The summed E-state index contributed by atoms with van der Waals surface area (Å²) in [4.78, 5) is 4.43. The molecule has 0 aromatic heterocycles. The minimum absolute atomic E-state index is 0.367. The van der Waals surface area contributed by atoms with Crippen LogP contribution < -0.4 is 0 Å². The van der Waals surface area contributed by atoms with Gasteiger partial charge in [-0.05, 0) is 19.5 Å².